The molecule has 0 radical (unpaired) electrons. The van der Waals surface area contributed by atoms with E-state index in [2.05, 4.69) is 9.68 Å². The lowest BCUT2D eigenvalue weighted by Crippen LogP contribution is -1.88. The van der Waals surface area contributed by atoms with Crippen LogP contribution in [0, 0.1) is 5.82 Å². The lowest BCUT2D eigenvalue weighted by molar-refractivity contribution is 0.436. The average Bonchev–Trinajstić information content (AvgIpc) is 2.56. The van der Waals surface area contributed by atoms with E-state index >= 15 is 0 Å². The SMILES string of the molecule is Nc1oncc1-c1cc(Cl)ccc1F. The van der Waals surface area contributed by atoms with Gasteiger partial charge in [0.15, 0.2) is 0 Å². The van der Waals surface area contributed by atoms with Crippen molar-refractivity contribution in [3.05, 3.63) is 35.2 Å². The summed E-state index contributed by atoms with van der Waals surface area (Å²) < 4.78 is 18.0. The van der Waals surface area contributed by atoms with Crippen molar-refractivity contribution in [1.29, 1.82) is 0 Å². The molecule has 5 heteroatoms. The van der Waals surface area contributed by atoms with E-state index in [0.29, 0.717) is 10.6 Å². The molecule has 0 aliphatic rings. The fourth-order valence-corrected chi connectivity index (χ4v) is 1.33. The van der Waals surface area contributed by atoms with Crippen LogP contribution >= 0.6 is 11.6 Å². The fourth-order valence-electron chi connectivity index (χ4n) is 1.15. The van der Waals surface area contributed by atoms with Gasteiger partial charge >= 0.3 is 0 Å². The van der Waals surface area contributed by atoms with Gasteiger partial charge in [0.25, 0.3) is 0 Å². The second-order valence-corrected chi connectivity index (χ2v) is 3.16. The molecule has 3 nitrogen and oxygen atoms in total. The Bertz CT molecular complexity index is 470. The first-order chi connectivity index (χ1) is 6.68. The second-order valence-electron chi connectivity index (χ2n) is 2.73. The summed E-state index contributed by atoms with van der Waals surface area (Å²) in [5.41, 5.74) is 6.15. The Morgan fingerprint density at radius 3 is 2.79 bits per heavy atom. The van der Waals surface area contributed by atoms with E-state index in [1.807, 2.05) is 0 Å². The first-order valence-electron chi connectivity index (χ1n) is 3.84. The second kappa shape index (κ2) is 3.31. The minimum atomic E-state index is -0.413. The molecular formula is C9H6ClFN2O. The summed E-state index contributed by atoms with van der Waals surface area (Å²) in [6, 6.07) is 4.20. The van der Waals surface area contributed by atoms with E-state index in [-0.39, 0.29) is 11.4 Å². The minimum Gasteiger partial charge on any atom is -0.367 e. The van der Waals surface area contributed by atoms with Crippen molar-refractivity contribution in [2.75, 3.05) is 5.73 Å². The van der Waals surface area contributed by atoms with Crippen LogP contribution in [-0.2, 0) is 0 Å². The molecule has 2 aromatic rings. The number of halogens is 2. The third-order valence-electron chi connectivity index (χ3n) is 1.82. The van der Waals surface area contributed by atoms with Crippen molar-refractivity contribution >= 4 is 17.5 Å². The van der Waals surface area contributed by atoms with Gasteiger partial charge in [-0.25, -0.2) is 4.39 Å². The molecule has 0 bridgehead atoms. The van der Waals surface area contributed by atoms with Gasteiger partial charge in [0, 0.05) is 10.6 Å². The van der Waals surface area contributed by atoms with Crippen molar-refractivity contribution in [2.24, 2.45) is 0 Å². The van der Waals surface area contributed by atoms with Crippen LogP contribution in [-0.4, -0.2) is 5.16 Å². The number of nitrogens with zero attached hydrogens (tertiary/aromatic N) is 1. The zero-order valence-electron chi connectivity index (χ0n) is 7.00. The molecule has 14 heavy (non-hydrogen) atoms. The predicted molar refractivity (Wildman–Crippen MR) is 51.3 cm³/mol. The molecule has 1 aromatic carbocycles. The van der Waals surface area contributed by atoms with E-state index in [4.69, 9.17) is 17.3 Å². The number of nitrogens with two attached hydrogens (primary N) is 1. The van der Waals surface area contributed by atoms with Crippen molar-refractivity contribution in [3.8, 4) is 11.1 Å². The Morgan fingerprint density at radius 2 is 2.14 bits per heavy atom. The first kappa shape index (κ1) is 9.02. The fraction of sp³-hybridized carbons (Fsp3) is 0. The standard InChI is InChI=1S/C9H6ClFN2O/c10-5-1-2-8(11)6(3-5)7-4-13-14-9(7)12/h1-4H,12H2. The van der Waals surface area contributed by atoms with Crippen LogP contribution < -0.4 is 5.73 Å². The lowest BCUT2D eigenvalue weighted by Gasteiger charge is -2.00. The van der Waals surface area contributed by atoms with Gasteiger partial charge in [-0.3, -0.25) is 0 Å². The Hall–Kier alpha value is -1.55. The molecule has 2 N–H and O–H groups in total. The van der Waals surface area contributed by atoms with Gasteiger partial charge in [0.1, 0.15) is 5.82 Å². The molecule has 0 saturated heterocycles. The first-order valence-corrected chi connectivity index (χ1v) is 4.22. The summed E-state index contributed by atoms with van der Waals surface area (Å²) >= 11 is 5.73. The monoisotopic (exact) mass is 212 g/mol. The Balaban J connectivity index is 2.62. The maximum Gasteiger partial charge on any atom is 0.230 e. The third-order valence-corrected chi connectivity index (χ3v) is 2.05. The van der Waals surface area contributed by atoms with Crippen LogP contribution in [0.3, 0.4) is 0 Å². The van der Waals surface area contributed by atoms with E-state index < -0.39 is 5.82 Å². The average molecular weight is 213 g/mol. The lowest BCUT2D eigenvalue weighted by atomic mass is 10.1. The molecule has 0 spiro atoms. The van der Waals surface area contributed by atoms with E-state index in [1.54, 1.807) is 0 Å². The minimum absolute atomic E-state index is 0.0752. The molecule has 2 rings (SSSR count). The van der Waals surface area contributed by atoms with Crippen LogP contribution in [0.4, 0.5) is 10.3 Å². The maximum atomic E-state index is 13.3. The molecule has 1 aromatic heterocycles. The van der Waals surface area contributed by atoms with Gasteiger partial charge < -0.3 is 10.3 Å². The highest BCUT2D eigenvalue weighted by molar-refractivity contribution is 6.30. The number of anilines is 1. The van der Waals surface area contributed by atoms with Gasteiger partial charge in [0.05, 0.1) is 11.8 Å². The molecule has 72 valence electrons. The summed E-state index contributed by atoms with van der Waals surface area (Å²) in [6.07, 6.45) is 1.35. The maximum absolute atomic E-state index is 13.3. The van der Waals surface area contributed by atoms with E-state index in [0.717, 1.165) is 0 Å². The Morgan fingerprint density at radius 1 is 1.36 bits per heavy atom. The van der Waals surface area contributed by atoms with E-state index in [1.165, 1.54) is 24.4 Å². The molecule has 0 unspecified atom stereocenters. The van der Waals surface area contributed by atoms with Gasteiger partial charge in [-0.15, -0.1) is 0 Å². The van der Waals surface area contributed by atoms with E-state index in [9.17, 15) is 4.39 Å². The molecule has 0 aliphatic carbocycles. The van der Waals surface area contributed by atoms with Crippen LogP contribution in [0.1, 0.15) is 0 Å². The predicted octanol–water partition coefficient (Wildman–Crippen LogP) is 2.72. The van der Waals surface area contributed by atoms with Crippen LogP contribution in [0.5, 0.6) is 0 Å². The normalized spacial score (nSPS) is 10.4. The van der Waals surface area contributed by atoms with Crippen LogP contribution in [0.15, 0.2) is 28.9 Å². The zero-order chi connectivity index (χ0) is 10.1. The molecule has 0 amide bonds. The number of rotatable bonds is 1. The van der Waals surface area contributed by atoms with Gasteiger partial charge in [-0.1, -0.05) is 16.8 Å². The Kier molecular flexibility index (Phi) is 2.13. The van der Waals surface area contributed by atoms with Crippen molar-refractivity contribution in [2.45, 2.75) is 0 Å². The summed E-state index contributed by atoms with van der Waals surface area (Å²) in [6.45, 7) is 0. The summed E-state index contributed by atoms with van der Waals surface area (Å²) in [5, 5.41) is 3.89. The third kappa shape index (κ3) is 1.44. The summed E-state index contributed by atoms with van der Waals surface area (Å²) in [4.78, 5) is 0. The summed E-state index contributed by atoms with van der Waals surface area (Å²) in [5.74, 6) is -0.338. The topological polar surface area (TPSA) is 52.0 Å². The molecule has 0 atom stereocenters. The number of hydrogen-bond donors (Lipinski definition) is 1. The molecule has 0 aliphatic heterocycles. The number of nitrogen functional groups attached to an aromatic ring is 1. The number of aromatic nitrogens is 1. The molecule has 0 saturated carbocycles. The zero-order valence-corrected chi connectivity index (χ0v) is 7.75. The number of hydrogen-bond acceptors (Lipinski definition) is 3. The van der Waals surface area contributed by atoms with Gasteiger partial charge in [0.2, 0.25) is 5.88 Å². The molecular weight excluding hydrogens is 207 g/mol. The highest BCUT2D eigenvalue weighted by Gasteiger charge is 2.11. The smallest absolute Gasteiger partial charge is 0.230 e. The summed E-state index contributed by atoms with van der Waals surface area (Å²) in [7, 11) is 0. The van der Waals surface area contributed by atoms with Crippen molar-refractivity contribution in [1.82, 2.24) is 5.16 Å². The quantitative estimate of drug-likeness (QED) is 0.791. The van der Waals surface area contributed by atoms with Gasteiger partial charge in [-0.2, -0.15) is 0 Å². The largest absolute Gasteiger partial charge is 0.367 e. The highest BCUT2D eigenvalue weighted by Crippen LogP contribution is 2.29. The van der Waals surface area contributed by atoms with Crippen molar-refractivity contribution < 1.29 is 8.91 Å². The molecule has 0 fully saturated rings. The van der Waals surface area contributed by atoms with Gasteiger partial charge in [-0.05, 0) is 18.2 Å². The highest BCUT2D eigenvalue weighted by atomic mass is 35.5. The molecule has 1 heterocycles. The van der Waals surface area contributed by atoms with Crippen LogP contribution in [0.2, 0.25) is 5.02 Å². The van der Waals surface area contributed by atoms with Crippen molar-refractivity contribution in [3.63, 3.8) is 0 Å². The Labute approximate surface area is 84.3 Å². The number of benzene rings is 1. The van der Waals surface area contributed by atoms with Crippen LogP contribution in [0.25, 0.3) is 11.1 Å².